The van der Waals surface area contributed by atoms with Crippen LogP contribution in [0.15, 0.2) is 12.1 Å². The number of nitrogens with one attached hydrogen (secondary N) is 1. The van der Waals surface area contributed by atoms with Crippen molar-refractivity contribution in [1.82, 2.24) is 5.32 Å². The fraction of sp³-hybridized carbons (Fsp3) is 0.625. The van der Waals surface area contributed by atoms with E-state index >= 15 is 0 Å². The molecule has 0 amide bonds. The van der Waals surface area contributed by atoms with Crippen LogP contribution in [0.5, 0.6) is 0 Å². The maximum atomic E-state index is 5.77. The lowest BCUT2D eigenvalue weighted by molar-refractivity contribution is 0.456. The molecular weight excluding hydrogens is 220 g/mol. The Morgan fingerprint density at radius 1 is 1.17 bits per heavy atom. The van der Waals surface area contributed by atoms with Crippen LogP contribution in [0.3, 0.4) is 0 Å². The summed E-state index contributed by atoms with van der Waals surface area (Å²) in [6, 6.07) is 4.71. The van der Waals surface area contributed by atoms with E-state index in [2.05, 4.69) is 52.1 Å². The van der Waals surface area contributed by atoms with Crippen molar-refractivity contribution in [1.29, 1.82) is 0 Å². The van der Waals surface area contributed by atoms with Crippen LogP contribution >= 0.6 is 0 Å². The van der Waals surface area contributed by atoms with Gasteiger partial charge in [0.25, 0.3) is 0 Å². The summed E-state index contributed by atoms with van der Waals surface area (Å²) in [5.74, 6) is 0. The minimum atomic E-state index is 0.136. The molecule has 0 aliphatic heterocycles. The van der Waals surface area contributed by atoms with Crippen LogP contribution < -0.4 is 11.1 Å². The van der Waals surface area contributed by atoms with Crippen LogP contribution in [-0.2, 0) is 5.41 Å². The molecule has 2 heteroatoms. The van der Waals surface area contributed by atoms with Gasteiger partial charge in [-0.15, -0.1) is 0 Å². The van der Waals surface area contributed by atoms with Gasteiger partial charge in [0.2, 0.25) is 0 Å². The molecule has 1 aromatic carbocycles. The zero-order valence-electron chi connectivity index (χ0n) is 12.7. The van der Waals surface area contributed by atoms with Crippen LogP contribution in [0.1, 0.15) is 43.0 Å². The SMILES string of the molecule is Cc1ccc(C(C)(C)CNCC(C)N)c(C)c1C. The third kappa shape index (κ3) is 3.56. The van der Waals surface area contributed by atoms with Crippen LogP contribution in [0, 0.1) is 20.8 Å². The zero-order chi connectivity index (χ0) is 13.9. The molecule has 0 aliphatic carbocycles. The van der Waals surface area contributed by atoms with Gasteiger partial charge in [0.1, 0.15) is 0 Å². The molecule has 1 aromatic rings. The van der Waals surface area contributed by atoms with Crippen LogP contribution in [0.25, 0.3) is 0 Å². The summed E-state index contributed by atoms with van der Waals surface area (Å²) in [6.07, 6.45) is 0. The van der Waals surface area contributed by atoms with E-state index in [4.69, 9.17) is 5.73 Å². The highest BCUT2D eigenvalue weighted by Crippen LogP contribution is 2.28. The molecule has 0 saturated heterocycles. The van der Waals surface area contributed by atoms with Gasteiger partial charge in [0.15, 0.2) is 0 Å². The molecule has 1 atom stereocenters. The molecule has 0 aromatic heterocycles. The Balaban J connectivity index is 2.88. The highest BCUT2D eigenvalue weighted by atomic mass is 14.9. The second kappa shape index (κ2) is 5.85. The fourth-order valence-electron chi connectivity index (χ4n) is 2.40. The van der Waals surface area contributed by atoms with E-state index in [1.54, 1.807) is 0 Å². The average molecular weight is 248 g/mol. The lowest BCUT2D eigenvalue weighted by Gasteiger charge is -2.29. The maximum Gasteiger partial charge on any atom is 0.0136 e. The maximum absolute atomic E-state index is 5.77. The summed E-state index contributed by atoms with van der Waals surface area (Å²) in [7, 11) is 0. The van der Waals surface area contributed by atoms with Gasteiger partial charge < -0.3 is 11.1 Å². The van der Waals surface area contributed by atoms with Crippen molar-refractivity contribution in [2.24, 2.45) is 5.73 Å². The largest absolute Gasteiger partial charge is 0.327 e. The summed E-state index contributed by atoms with van der Waals surface area (Å²) < 4.78 is 0. The standard InChI is InChI=1S/C16H28N2/c1-11-7-8-15(14(4)13(11)3)16(5,6)10-18-9-12(2)17/h7-8,12,18H,9-10,17H2,1-6H3. The summed E-state index contributed by atoms with van der Waals surface area (Å²) in [5, 5.41) is 3.46. The second-order valence-electron chi connectivity index (χ2n) is 6.17. The van der Waals surface area contributed by atoms with Crippen molar-refractivity contribution in [3.63, 3.8) is 0 Å². The van der Waals surface area contributed by atoms with E-state index in [-0.39, 0.29) is 11.5 Å². The summed E-state index contributed by atoms with van der Waals surface area (Å²) >= 11 is 0. The lowest BCUT2D eigenvalue weighted by Crippen LogP contribution is -2.39. The van der Waals surface area contributed by atoms with Crippen molar-refractivity contribution in [2.75, 3.05) is 13.1 Å². The second-order valence-corrected chi connectivity index (χ2v) is 6.17. The molecule has 2 nitrogen and oxygen atoms in total. The van der Waals surface area contributed by atoms with Gasteiger partial charge >= 0.3 is 0 Å². The summed E-state index contributed by atoms with van der Waals surface area (Å²) in [6.45, 7) is 15.0. The summed E-state index contributed by atoms with van der Waals surface area (Å²) in [4.78, 5) is 0. The molecule has 102 valence electrons. The van der Waals surface area contributed by atoms with Crippen molar-refractivity contribution >= 4 is 0 Å². The molecule has 0 heterocycles. The van der Waals surface area contributed by atoms with Gasteiger partial charge in [0.05, 0.1) is 0 Å². The first-order chi connectivity index (χ1) is 8.25. The van der Waals surface area contributed by atoms with Gasteiger partial charge in [-0.3, -0.25) is 0 Å². The van der Waals surface area contributed by atoms with E-state index < -0.39 is 0 Å². The van der Waals surface area contributed by atoms with E-state index in [9.17, 15) is 0 Å². The normalized spacial score (nSPS) is 13.7. The van der Waals surface area contributed by atoms with Crippen LogP contribution in [0.4, 0.5) is 0 Å². The predicted octanol–water partition coefficient (Wildman–Crippen LogP) is 2.83. The molecule has 0 spiro atoms. The first kappa shape index (κ1) is 15.2. The van der Waals surface area contributed by atoms with E-state index in [1.165, 1.54) is 22.3 Å². The Hall–Kier alpha value is -0.860. The van der Waals surface area contributed by atoms with E-state index in [1.807, 2.05) is 6.92 Å². The molecule has 1 unspecified atom stereocenters. The molecule has 0 aliphatic rings. The molecule has 0 radical (unpaired) electrons. The number of rotatable bonds is 5. The first-order valence-electron chi connectivity index (χ1n) is 6.79. The van der Waals surface area contributed by atoms with Gasteiger partial charge in [-0.2, -0.15) is 0 Å². The van der Waals surface area contributed by atoms with Crippen LogP contribution in [0.2, 0.25) is 0 Å². The molecule has 3 N–H and O–H groups in total. The Morgan fingerprint density at radius 3 is 2.33 bits per heavy atom. The molecule has 18 heavy (non-hydrogen) atoms. The number of hydrogen-bond acceptors (Lipinski definition) is 2. The monoisotopic (exact) mass is 248 g/mol. The van der Waals surface area contributed by atoms with E-state index in [0.29, 0.717) is 0 Å². The molecule has 0 fully saturated rings. The van der Waals surface area contributed by atoms with Gasteiger partial charge in [-0.1, -0.05) is 26.0 Å². The minimum absolute atomic E-state index is 0.136. The van der Waals surface area contributed by atoms with Gasteiger partial charge in [-0.05, 0) is 49.9 Å². The van der Waals surface area contributed by atoms with Crippen molar-refractivity contribution in [3.05, 3.63) is 34.4 Å². The molecular formula is C16H28N2. The molecule has 1 rings (SSSR count). The van der Waals surface area contributed by atoms with Crippen molar-refractivity contribution in [2.45, 2.75) is 53.0 Å². The number of aryl methyl sites for hydroxylation is 1. The number of hydrogen-bond donors (Lipinski definition) is 2. The van der Waals surface area contributed by atoms with Gasteiger partial charge in [0, 0.05) is 24.5 Å². The Morgan fingerprint density at radius 2 is 1.78 bits per heavy atom. The van der Waals surface area contributed by atoms with Crippen molar-refractivity contribution in [3.8, 4) is 0 Å². The highest BCUT2D eigenvalue weighted by Gasteiger charge is 2.23. The van der Waals surface area contributed by atoms with Crippen LogP contribution in [-0.4, -0.2) is 19.1 Å². The topological polar surface area (TPSA) is 38.0 Å². The van der Waals surface area contributed by atoms with E-state index in [0.717, 1.165) is 13.1 Å². The Bertz CT molecular complexity index is 406. The lowest BCUT2D eigenvalue weighted by atomic mass is 9.80. The highest BCUT2D eigenvalue weighted by molar-refractivity contribution is 5.42. The molecule has 0 saturated carbocycles. The van der Waals surface area contributed by atoms with Gasteiger partial charge in [-0.25, -0.2) is 0 Å². The zero-order valence-corrected chi connectivity index (χ0v) is 12.7. The average Bonchev–Trinajstić information content (AvgIpc) is 2.24. The summed E-state index contributed by atoms with van der Waals surface area (Å²) in [5.41, 5.74) is 11.5. The Kier molecular flexibility index (Phi) is 4.94. The third-order valence-corrected chi connectivity index (χ3v) is 3.82. The Labute approximate surface area is 112 Å². The first-order valence-corrected chi connectivity index (χ1v) is 6.79. The number of nitrogens with two attached hydrogens (primary N) is 1. The quantitative estimate of drug-likeness (QED) is 0.841. The molecule has 0 bridgehead atoms. The smallest absolute Gasteiger partial charge is 0.0136 e. The van der Waals surface area contributed by atoms with Crippen molar-refractivity contribution < 1.29 is 0 Å². The fourth-order valence-corrected chi connectivity index (χ4v) is 2.40. The minimum Gasteiger partial charge on any atom is -0.327 e. The predicted molar refractivity (Wildman–Crippen MR) is 80.2 cm³/mol. The number of benzene rings is 1. The third-order valence-electron chi connectivity index (χ3n) is 3.82.